The van der Waals surface area contributed by atoms with Gasteiger partial charge in [0.15, 0.2) is 0 Å². The number of halogens is 1. The second-order valence-corrected chi connectivity index (χ2v) is 9.63. The molecule has 3 rings (SSSR count). The number of rotatable bonds is 7. The van der Waals surface area contributed by atoms with Crippen molar-refractivity contribution in [2.45, 2.75) is 57.9 Å². The molecule has 1 aliphatic heterocycles. The molecule has 0 saturated carbocycles. The van der Waals surface area contributed by atoms with Crippen LogP contribution in [-0.4, -0.2) is 17.0 Å². The van der Waals surface area contributed by atoms with Crippen molar-refractivity contribution in [1.82, 2.24) is 10.7 Å². The standard InChI is InChI=1S/C26H32FN3S/c1-6-18-15-19(12-13-21(18)20-14-17(3)30-28-16-20)24(7-2)29-25(26(4,5)31)22-10-8-9-11-23(22)27/h7-17,25,29-31H,6H2,1-5H3/b24-7-. The lowest BCUT2D eigenvalue weighted by molar-refractivity contribution is 0.481. The van der Waals surface area contributed by atoms with Crippen LogP contribution in [0.1, 0.15) is 62.9 Å². The Morgan fingerprint density at radius 2 is 2.03 bits per heavy atom. The summed E-state index contributed by atoms with van der Waals surface area (Å²) in [6.45, 7) is 10.2. The second kappa shape index (κ2) is 9.73. The maximum absolute atomic E-state index is 14.6. The minimum Gasteiger partial charge on any atom is -0.377 e. The molecule has 2 aromatic carbocycles. The Morgan fingerprint density at radius 1 is 1.29 bits per heavy atom. The zero-order valence-corrected chi connectivity index (χ0v) is 19.8. The number of nitrogens with zero attached hydrogens (tertiary/aromatic N) is 1. The first-order valence-corrected chi connectivity index (χ1v) is 11.2. The van der Waals surface area contributed by atoms with Crippen molar-refractivity contribution in [2.75, 3.05) is 0 Å². The summed E-state index contributed by atoms with van der Waals surface area (Å²) in [6, 6.07) is 13.3. The van der Waals surface area contributed by atoms with Gasteiger partial charge in [-0.2, -0.15) is 17.7 Å². The van der Waals surface area contributed by atoms with Crippen molar-refractivity contribution in [2.24, 2.45) is 5.10 Å². The molecule has 2 unspecified atom stereocenters. The van der Waals surface area contributed by atoms with Gasteiger partial charge in [0.2, 0.25) is 0 Å². The van der Waals surface area contributed by atoms with Gasteiger partial charge < -0.3 is 10.7 Å². The highest BCUT2D eigenvalue weighted by atomic mass is 32.1. The molecule has 3 nitrogen and oxygen atoms in total. The molecule has 1 aliphatic rings. The smallest absolute Gasteiger partial charge is 0.128 e. The monoisotopic (exact) mass is 437 g/mol. The number of allylic oxidation sites excluding steroid dienone is 2. The number of hydrogen-bond donors (Lipinski definition) is 3. The van der Waals surface area contributed by atoms with E-state index >= 15 is 0 Å². The average Bonchev–Trinajstić information content (AvgIpc) is 2.74. The highest BCUT2D eigenvalue weighted by molar-refractivity contribution is 7.81. The largest absolute Gasteiger partial charge is 0.377 e. The Hall–Kier alpha value is -2.53. The van der Waals surface area contributed by atoms with Crippen molar-refractivity contribution in [1.29, 1.82) is 0 Å². The predicted molar refractivity (Wildman–Crippen MR) is 134 cm³/mol. The van der Waals surface area contributed by atoms with Crippen molar-refractivity contribution in [3.63, 3.8) is 0 Å². The molecule has 0 bridgehead atoms. The maximum Gasteiger partial charge on any atom is 0.128 e. The topological polar surface area (TPSA) is 36.4 Å². The normalized spacial score (nSPS) is 17.7. The Morgan fingerprint density at radius 3 is 2.65 bits per heavy atom. The number of hydrazone groups is 1. The molecule has 2 aromatic rings. The zero-order valence-electron chi connectivity index (χ0n) is 18.9. The lowest BCUT2D eigenvalue weighted by Crippen LogP contribution is -2.35. The van der Waals surface area contributed by atoms with E-state index in [2.05, 4.69) is 54.0 Å². The molecule has 0 amide bonds. The van der Waals surface area contributed by atoms with Crippen LogP contribution >= 0.6 is 12.6 Å². The van der Waals surface area contributed by atoms with Gasteiger partial charge in [-0.25, -0.2) is 4.39 Å². The Labute approximate surface area is 190 Å². The molecule has 5 heteroatoms. The Kier molecular flexibility index (Phi) is 7.26. The van der Waals surface area contributed by atoms with Gasteiger partial charge in [0.05, 0.1) is 18.3 Å². The average molecular weight is 438 g/mol. The van der Waals surface area contributed by atoms with Crippen molar-refractivity contribution >= 4 is 30.1 Å². The lowest BCUT2D eigenvalue weighted by atomic mass is 9.92. The van der Waals surface area contributed by atoms with Gasteiger partial charge in [0.1, 0.15) is 5.82 Å². The third-order valence-electron chi connectivity index (χ3n) is 5.53. The van der Waals surface area contributed by atoms with Crippen LogP contribution in [-0.2, 0) is 6.42 Å². The first-order chi connectivity index (χ1) is 14.7. The predicted octanol–water partition coefficient (Wildman–Crippen LogP) is 6.15. The highest BCUT2D eigenvalue weighted by Gasteiger charge is 2.30. The fourth-order valence-electron chi connectivity index (χ4n) is 3.90. The van der Waals surface area contributed by atoms with Crippen molar-refractivity contribution in [3.05, 3.63) is 82.7 Å². The molecule has 2 N–H and O–H groups in total. The van der Waals surface area contributed by atoms with Gasteiger partial charge in [-0.15, -0.1) is 0 Å². The number of thiol groups is 1. The summed E-state index contributed by atoms with van der Waals surface area (Å²) in [5.41, 5.74) is 9.26. The quantitative estimate of drug-likeness (QED) is 0.455. The van der Waals surface area contributed by atoms with Crippen LogP contribution in [0, 0.1) is 5.82 Å². The van der Waals surface area contributed by atoms with E-state index in [0.717, 1.165) is 23.3 Å². The summed E-state index contributed by atoms with van der Waals surface area (Å²) in [6.07, 6.45) is 7.01. The van der Waals surface area contributed by atoms with Crippen molar-refractivity contribution < 1.29 is 4.39 Å². The molecule has 0 radical (unpaired) electrons. The first kappa shape index (κ1) is 23.1. The molecule has 2 atom stereocenters. The molecular formula is C26H32FN3S. The van der Waals surface area contributed by atoms with E-state index in [4.69, 9.17) is 12.6 Å². The van der Waals surface area contributed by atoms with Gasteiger partial charge in [-0.05, 0) is 62.9 Å². The molecule has 1 heterocycles. The van der Waals surface area contributed by atoms with E-state index in [0.29, 0.717) is 5.56 Å². The van der Waals surface area contributed by atoms with Gasteiger partial charge in [0.25, 0.3) is 0 Å². The maximum atomic E-state index is 14.6. The first-order valence-electron chi connectivity index (χ1n) is 10.8. The van der Waals surface area contributed by atoms with Crippen LogP contribution < -0.4 is 10.7 Å². The van der Waals surface area contributed by atoms with Crippen molar-refractivity contribution in [3.8, 4) is 0 Å². The van der Waals surface area contributed by atoms with E-state index < -0.39 is 4.75 Å². The molecule has 0 aliphatic carbocycles. The number of hydrogen-bond acceptors (Lipinski definition) is 4. The molecule has 0 saturated heterocycles. The van der Waals surface area contributed by atoms with E-state index in [1.54, 1.807) is 6.07 Å². The fraction of sp³-hybridized carbons (Fsp3) is 0.346. The van der Waals surface area contributed by atoms with Gasteiger partial charge in [0, 0.05) is 21.6 Å². The second-order valence-electron chi connectivity index (χ2n) is 8.48. The SMILES string of the molecule is C/C=C(\NC(c1ccccc1F)C(C)(C)S)c1ccc(C2=CC(C)NN=C2)c(CC)c1. The molecule has 31 heavy (non-hydrogen) atoms. The number of aryl methyl sites for hydroxylation is 1. The van der Waals surface area contributed by atoms with Gasteiger partial charge in [-0.1, -0.05) is 49.4 Å². The summed E-state index contributed by atoms with van der Waals surface area (Å²) in [4.78, 5) is 0. The van der Waals surface area contributed by atoms with Gasteiger partial charge >= 0.3 is 0 Å². The molecular weight excluding hydrogens is 405 g/mol. The molecule has 0 aromatic heterocycles. The summed E-state index contributed by atoms with van der Waals surface area (Å²) >= 11 is 4.78. The highest BCUT2D eigenvalue weighted by Crippen LogP contribution is 2.35. The Balaban J connectivity index is 1.96. The fourth-order valence-corrected chi connectivity index (χ4v) is 4.11. The number of benzene rings is 2. The lowest BCUT2D eigenvalue weighted by Gasteiger charge is -2.33. The Bertz CT molecular complexity index is 1020. The molecule has 164 valence electrons. The van der Waals surface area contributed by atoms with Crippen LogP contribution in [0.3, 0.4) is 0 Å². The summed E-state index contributed by atoms with van der Waals surface area (Å²) < 4.78 is 14.1. The van der Waals surface area contributed by atoms with Crippen LogP contribution in [0.25, 0.3) is 11.3 Å². The summed E-state index contributed by atoms with van der Waals surface area (Å²) in [5, 5.41) is 7.83. The molecule has 0 fully saturated rings. The van der Waals surface area contributed by atoms with Crippen LogP contribution in [0.5, 0.6) is 0 Å². The van der Waals surface area contributed by atoms with E-state index in [-0.39, 0.29) is 17.9 Å². The minimum atomic E-state index is -0.476. The van der Waals surface area contributed by atoms with E-state index in [1.807, 2.05) is 45.2 Å². The minimum absolute atomic E-state index is 0.205. The van der Waals surface area contributed by atoms with E-state index in [9.17, 15) is 4.39 Å². The number of nitrogens with one attached hydrogen (secondary N) is 2. The van der Waals surface area contributed by atoms with Crippen LogP contribution in [0.2, 0.25) is 0 Å². The summed E-state index contributed by atoms with van der Waals surface area (Å²) in [5.74, 6) is -0.228. The summed E-state index contributed by atoms with van der Waals surface area (Å²) in [7, 11) is 0. The third-order valence-corrected chi connectivity index (χ3v) is 5.79. The molecule has 0 spiro atoms. The zero-order chi connectivity index (χ0) is 22.6. The van der Waals surface area contributed by atoms with Crippen LogP contribution in [0.4, 0.5) is 4.39 Å². The van der Waals surface area contributed by atoms with Crippen LogP contribution in [0.15, 0.2) is 59.7 Å². The third kappa shape index (κ3) is 5.40. The van der Waals surface area contributed by atoms with E-state index in [1.165, 1.54) is 17.2 Å². The van der Waals surface area contributed by atoms with Gasteiger partial charge in [-0.3, -0.25) is 0 Å².